The Kier molecular flexibility index (Phi) is 6.47. The number of carbonyl (C=O) groups is 1. The lowest BCUT2D eigenvalue weighted by Crippen LogP contribution is -2.28. The number of nitrogens with zero attached hydrogens (tertiary/aromatic N) is 7. The van der Waals surface area contributed by atoms with E-state index in [-0.39, 0.29) is 19.7 Å². The molecule has 2 aromatic rings. The summed E-state index contributed by atoms with van der Waals surface area (Å²) in [6, 6.07) is 6.39. The fourth-order valence-corrected chi connectivity index (χ4v) is 2.23. The molecule has 0 aliphatic carbocycles. The molecular weight excluding hydrogens is 324 g/mol. The number of rotatable bonds is 8. The fraction of sp³-hybridized carbons (Fsp3) is 0.333. The maximum Gasteiger partial charge on any atom is 0.327 e. The molecule has 2 rings (SSSR count). The molecule has 0 amide bonds. The molecular formula is C15H16N8O2. The van der Waals surface area contributed by atoms with E-state index in [2.05, 4.69) is 36.8 Å². The highest BCUT2D eigenvalue weighted by Crippen LogP contribution is 2.29. The summed E-state index contributed by atoms with van der Waals surface area (Å²) in [7, 11) is 0. The van der Waals surface area contributed by atoms with Crippen molar-refractivity contribution in [2.75, 3.05) is 13.2 Å². The van der Waals surface area contributed by atoms with Gasteiger partial charge in [0, 0.05) is 10.6 Å². The lowest BCUT2D eigenvalue weighted by atomic mass is 10.0. The first-order valence-corrected chi connectivity index (χ1v) is 7.43. The number of carbonyl (C=O) groups excluding carboxylic acids is 1. The highest BCUT2D eigenvalue weighted by molar-refractivity contribution is 5.69. The molecule has 1 atom stereocenters. The molecule has 0 fully saturated rings. The number of benzene rings is 1. The number of hydrogen-bond acceptors (Lipinski definition) is 7. The first kappa shape index (κ1) is 17.9. The van der Waals surface area contributed by atoms with Crippen molar-refractivity contribution in [3.8, 4) is 12.3 Å². The Morgan fingerprint density at radius 3 is 3.08 bits per heavy atom. The lowest BCUT2D eigenvalue weighted by molar-refractivity contribution is -0.144. The average Bonchev–Trinajstić information content (AvgIpc) is 3.05. The summed E-state index contributed by atoms with van der Waals surface area (Å²) < 4.78 is 6.24. The largest absolute Gasteiger partial charge is 0.465 e. The zero-order valence-electron chi connectivity index (χ0n) is 13.5. The molecule has 10 nitrogen and oxygen atoms in total. The van der Waals surface area contributed by atoms with E-state index in [1.54, 1.807) is 31.2 Å². The Morgan fingerprint density at radius 1 is 1.56 bits per heavy atom. The number of ether oxygens (including phenoxy) is 1. The molecule has 1 aromatic heterocycles. The van der Waals surface area contributed by atoms with Gasteiger partial charge >= 0.3 is 5.97 Å². The van der Waals surface area contributed by atoms with E-state index in [0.29, 0.717) is 17.1 Å². The van der Waals surface area contributed by atoms with Crippen LogP contribution < -0.4 is 5.32 Å². The van der Waals surface area contributed by atoms with Crippen LogP contribution in [-0.2, 0) is 16.1 Å². The van der Waals surface area contributed by atoms with Crippen molar-refractivity contribution in [2.24, 2.45) is 5.11 Å². The van der Waals surface area contributed by atoms with Gasteiger partial charge in [0.15, 0.2) is 5.82 Å². The summed E-state index contributed by atoms with van der Waals surface area (Å²) in [6.45, 7) is 2.05. The number of esters is 1. The van der Waals surface area contributed by atoms with Crippen LogP contribution in [0.5, 0.6) is 0 Å². The second-order valence-electron chi connectivity index (χ2n) is 4.77. The maximum atomic E-state index is 11.7. The first-order valence-electron chi connectivity index (χ1n) is 7.43. The van der Waals surface area contributed by atoms with Crippen molar-refractivity contribution in [1.82, 2.24) is 25.5 Å². The van der Waals surface area contributed by atoms with Crippen LogP contribution in [0.2, 0.25) is 0 Å². The first-order chi connectivity index (χ1) is 12.2. The van der Waals surface area contributed by atoms with Crippen LogP contribution in [0.25, 0.3) is 10.4 Å². The summed E-state index contributed by atoms with van der Waals surface area (Å²) in [5.41, 5.74) is 9.81. The molecule has 1 unspecified atom stereocenters. The zero-order valence-corrected chi connectivity index (χ0v) is 13.5. The minimum absolute atomic E-state index is 0.145. The topological polar surface area (TPSA) is 131 Å². The van der Waals surface area contributed by atoms with E-state index >= 15 is 0 Å². The van der Waals surface area contributed by atoms with Gasteiger partial charge in [0.05, 0.1) is 19.2 Å². The van der Waals surface area contributed by atoms with Crippen molar-refractivity contribution >= 4 is 11.7 Å². The summed E-state index contributed by atoms with van der Waals surface area (Å²) in [5, 5.41) is 18.2. The van der Waals surface area contributed by atoms with E-state index in [0.717, 1.165) is 0 Å². The molecule has 0 saturated heterocycles. The predicted octanol–water partition coefficient (Wildman–Crippen LogP) is 1.49. The summed E-state index contributed by atoms with van der Waals surface area (Å²) in [4.78, 5) is 14.6. The molecule has 0 aliphatic heterocycles. The van der Waals surface area contributed by atoms with E-state index in [4.69, 9.17) is 16.7 Å². The molecule has 25 heavy (non-hydrogen) atoms. The van der Waals surface area contributed by atoms with E-state index in [1.807, 2.05) is 0 Å². The van der Waals surface area contributed by atoms with Crippen LogP contribution in [0.15, 0.2) is 29.4 Å². The Labute approximate surface area is 143 Å². The monoisotopic (exact) mass is 340 g/mol. The Morgan fingerprint density at radius 2 is 2.36 bits per heavy atom. The quantitative estimate of drug-likeness (QED) is 0.255. The third kappa shape index (κ3) is 4.54. The van der Waals surface area contributed by atoms with Gasteiger partial charge < -0.3 is 4.74 Å². The molecule has 1 heterocycles. The van der Waals surface area contributed by atoms with Gasteiger partial charge in [-0.25, -0.2) is 4.68 Å². The third-order valence-corrected chi connectivity index (χ3v) is 3.21. The van der Waals surface area contributed by atoms with Gasteiger partial charge in [0.25, 0.3) is 0 Å². The highest BCUT2D eigenvalue weighted by atomic mass is 16.5. The van der Waals surface area contributed by atoms with Gasteiger partial charge in [0.1, 0.15) is 6.54 Å². The van der Waals surface area contributed by atoms with Crippen LogP contribution in [0, 0.1) is 12.3 Å². The van der Waals surface area contributed by atoms with Gasteiger partial charge in [-0.05, 0) is 28.4 Å². The minimum Gasteiger partial charge on any atom is -0.465 e. The van der Waals surface area contributed by atoms with Crippen molar-refractivity contribution in [3.05, 3.63) is 46.1 Å². The molecule has 0 radical (unpaired) electrons. The molecule has 128 valence electrons. The average molecular weight is 340 g/mol. The summed E-state index contributed by atoms with van der Waals surface area (Å²) in [6.07, 6.45) is 5.34. The van der Waals surface area contributed by atoms with Gasteiger partial charge in [-0.2, -0.15) is 0 Å². The summed E-state index contributed by atoms with van der Waals surface area (Å²) >= 11 is 0. The molecule has 0 spiro atoms. The minimum atomic E-state index is -0.567. The number of terminal acetylenes is 1. The van der Waals surface area contributed by atoms with Crippen molar-refractivity contribution in [1.29, 1.82) is 0 Å². The van der Waals surface area contributed by atoms with E-state index < -0.39 is 12.0 Å². The van der Waals surface area contributed by atoms with Crippen LogP contribution in [0.3, 0.4) is 0 Å². The van der Waals surface area contributed by atoms with Gasteiger partial charge in [-0.15, -0.1) is 11.5 Å². The second kappa shape index (κ2) is 9.02. The lowest BCUT2D eigenvalue weighted by Gasteiger charge is -2.18. The van der Waals surface area contributed by atoms with Crippen LogP contribution in [0.1, 0.15) is 24.4 Å². The molecule has 1 N–H and O–H groups in total. The molecule has 10 heteroatoms. The normalized spacial score (nSPS) is 11.2. The molecule has 0 aliphatic rings. The second-order valence-corrected chi connectivity index (χ2v) is 4.77. The Hall–Kier alpha value is -3.41. The van der Waals surface area contributed by atoms with Gasteiger partial charge in [0.2, 0.25) is 0 Å². The smallest absolute Gasteiger partial charge is 0.327 e. The number of tetrazole rings is 1. The third-order valence-electron chi connectivity index (χ3n) is 3.21. The van der Waals surface area contributed by atoms with E-state index in [1.165, 1.54) is 4.68 Å². The van der Waals surface area contributed by atoms with Crippen molar-refractivity contribution in [2.45, 2.75) is 19.5 Å². The van der Waals surface area contributed by atoms with Gasteiger partial charge in [-0.3, -0.25) is 10.1 Å². The predicted molar refractivity (Wildman–Crippen MR) is 88.4 cm³/mol. The van der Waals surface area contributed by atoms with Gasteiger partial charge in [-0.1, -0.05) is 35.3 Å². The van der Waals surface area contributed by atoms with E-state index in [9.17, 15) is 4.79 Å². The molecule has 0 bridgehead atoms. The zero-order chi connectivity index (χ0) is 18.1. The van der Waals surface area contributed by atoms with Crippen LogP contribution >= 0.6 is 0 Å². The number of azide groups is 1. The van der Waals surface area contributed by atoms with Crippen LogP contribution in [0.4, 0.5) is 5.69 Å². The Balaban J connectivity index is 2.43. The van der Waals surface area contributed by atoms with Crippen LogP contribution in [-0.4, -0.2) is 39.3 Å². The molecule has 1 aromatic carbocycles. The Bertz CT molecular complexity index is 819. The highest BCUT2D eigenvalue weighted by Gasteiger charge is 2.24. The number of hydrogen-bond donors (Lipinski definition) is 1. The number of nitrogens with one attached hydrogen (secondary N) is 1. The number of aromatic nitrogens is 4. The van der Waals surface area contributed by atoms with Crippen molar-refractivity contribution in [3.63, 3.8) is 0 Å². The fourth-order valence-electron chi connectivity index (χ4n) is 2.23. The maximum absolute atomic E-state index is 11.7. The van der Waals surface area contributed by atoms with Crippen molar-refractivity contribution < 1.29 is 9.53 Å². The SMILES string of the molecule is C#CCNC(c1ccccc1N=[N+]=[N-])c1nnnn1CC(=O)OCC. The summed E-state index contributed by atoms with van der Waals surface area (Å²) in [5.74, 6) is 2.37. The molecule has 0 saturated carbocycles. The standard InChI is InChI=1S/C15H16N8O2/c1-3-9-17-14(11-7-5-6-8-12(11)18-20-16)15-19-21-22-23(15)10-13(24)25-4-2/h1,5-8,14,17H,4,9-10H2,2H3.